The van der Waals surface area contributed by atoms with Gasteiger partial charge in [0.2, 0.25) is 5.91 Å². The van der Waals surface area contributed by atoms with Gasteiger partial charge in [-0.3, -0.25) is 14.4 Å². The van der Waals surface area contributed by atoms with Crippen molar-refractivity contribution in [2.75, 3.05) is 11.1 Å². The molecule has 1 aliphatic rings. The van der Waals surface area contributed by atoms with Gasteiger partial charge in [0.1, 0.15) is 0 Å². The second kappa shape index (κ2) is 7.44. The molecule has 0 fully saturated rings. The number of nitrogens with one attached hydrogen (secondary N) is 1. The lowest BCUT2D eigenvalue weighted by Gasteiger charge is -2.20. The highest BCUT2D eigenvalue weighted by Gasteiger charge is 2.31. The van der Waals surface area contributed by atoms with Crippen LogP contribution in [0.4, 0.5) is 5.69 Å². The van der Waals surface area contributed by atoms with E-state index in [1.54, 1.807) is 42.5 Å². The first-order valence-electron chi connectivity index (χ1n) is 8.86. The number of benzene rings is 3. The Morgan fingerprint density at radius 1 is 0.821 bits per heavy atom. The van der Waals surface area contributed by atoms with E-state index < -0.39 is 0 Å². The van der Waals surface area contributed by atoms with Gasteiger partial charge in [0.05, 0.1) is 17.0 Å². The van der Waals surface area contributed by atoms with Crippen LogP contribution in [0.3, 0.4) is 0 Å². The first-order chi connectivity index (χ1) is 13.6. The van der Waals surface area contributed by atoms with Crippen LogP contribution in [0.15, 0.2) is 71.6 Å². The standard InChI is InChI=1S/C23H17NO3S/c1-14-7-2-5-12-19(14)28-13-20(25)24-18-11-6-10-17-21(18)23(27)16-9-4-3-8-15(16)22(17)26/h2-12H,13H2,1H3,(H,24,25). The molecule has 3 aromatic rings. The number of carbonyl (C=O) groups is 3. The summed E-state index contributed by atoms with van der Waals surface area (Å²) in [6.07, 6.45) is 0. The largest absolute Gasteiger partial charge is 0.325 e. The van der Waals surface area contributed by atoms with Crippen LogP contribution >= 0.6 is 11.8 Å². The van der Waals surface area contributed by atoms with Gasteiger partial charge in [-0.1, -0.05) is 54.6 Å². The molecule has 1 aliphatic carbocycles. The van der Waals surface area contributed by atoms with Crippen molar-refractivity contribution in [2.45, 2.75) is 11.8 Å². The number of fused-ring (bicyclic) bond motifs is 2. The van der Waals surface area contributed by atoms with Gasteiger partial charge >= 0.3 is 0 Å². The fourth-order valence-electron chi connectivity index (χ4n) is 3.30. The summed E-state index contributed by atoms with van der Waals surface area (Å²) < 4.78 is 0. The van der Waals surface area contributed by atoms with Crippen molar-refractivity contribution in [2.24, 2.45) is 0 Å². The first-order valence-corrected chi connectivity index (χ1v) is 9.84. The molecule has 1 N–H and O–H groups in total. The monoisotopic (exact) mass is 387 g/mol. The molecule has 0 heterocycles. The lowest BCUT2D eigenvalue weighted by atomic mass is 9.83. The minimum Gasteiger partial charge on any atom is -0.325 e. The Labute approximate surface area is 167 Å². The predicted octanol–water partition coefficient (Wildman–Crippen LogP) is 4.50. The maximum Gasteiger partial charge on any atom is 0.234 e. The van der Waals surface area contributed by atoms with Crippen molar-refractivity contribution in [3.05, 3.63) is 94.5 Å². The zero-order chi connectivity index (χ0) is 19.7. The van der Waals surface area contributed by atoms with Gasteiger partial charge in [-0.15, -0.1) is 11.8 Å². The minimum atomic E-state index is -0.243. The van der Waals surface area contributed by atoms with Gasteiger partial charge < -0.3 is 5.32 Å². The van der Waals surface area contributed by atoms with Crippen LogP contribution in [0.1, 0.15) is 37.4 Å². The maximum atomic E-state index is 13.0. The summed E-state index contributed by atoms with van der Waals surface area (Å²) in [4.78, 5) is 39.3. The number of rotatable bonds is 4. The SMILES string of the molecule is Cc1ccccc1SCC(=O)Nc1cccc2c1C(=O)c1ccccc1C2=O. The van der Waals surface area contributed by atoms with Crippen molar-refractivity contribution in [1.82, 2.24) is 0 Å². The number of hydrogen-bond acceptors (Lipinski definition) is 4. The summed E-state index contributed by atoms with van der Waals surface area (Å²) in [6, 6.07) is 19.6. The lowest BCUT2D eigenvalue weighted by molar-refractivity contribution is -0.113. The summed E-state index contributed by atoms with van der Waals surface area (Å²) in [5, 5.41) is 2.81. The molecule has 4 rings (SSSR count). The predicted molar refractivity (Wildman–Crippen MR) is 110 cm³/mol. The third-order valence-electron chi connectivity index (χ3n) is 4.68. The summed E-state index contributed by atoms with van der Waals surface area (Å²) >= 11 is 1.44. The molecule has 0 atom stereocenters. The molecule has 5 heteroatoms. The zero-order valence-electron chi connectivity index (χ0n) is 15.2. The lowest BCUT2D eigenvalue weighted by Crippen LogP contribution is -2.24. The van der Waals surface area contributed by atoms with Crippen molar-refractivity contribution in [3.8, 4) is 0 Å². The van der Waals surface area contributed by atoms with Crippen LogP contribution in [0.5, 0.6) is 0 Å². The van der Waals surface area contributed by atoms with E-state index in [0.717, 1.165) is 10.5 Å². The summed E-state index contributed by atoms with van der Waals surface area (Å²) in [5.74, 6) is -0.447. The topological polar surface area (TPSA) is 63.2 Å². The van der Waals surface area contributed by atoms with E-state index in [9.17, 15) is 14.4 Å². The zero-order valence-corrected chi connectivity index (χ0v) is 16.0. The van der Waals surface area contributed by atoms with Crippen LogP contribution in [0, 0.1) is 6.92 Å². The third-order valence-corrected chi connectivity index (χ3v) is 5.85. The fraction of sp³-hybridized carbons (Fsp3) is 0.0870. The Balaban J connectivity index is 1.59. The molecule has 0 radical (unpaired) electrons. The van der Waals surface area contributed by atoms with Crippen molar-refractivity contribution >= 4 is 34.9 Å². The summed E-state index contributed by atoms with van der Waals surface area (Å²) in [5.41, 5.74) is 2.85. The van der Waals surface area contributed by atoms with E-state index in [4.69, 9.17) is 0 Å². The second-order valence-electron chi connectivity index (χ2n) is 6.53. The minimum absolute atomic E-state index is 0.199. The molecular weight excluding hydrogens is 370 g/mol. The normalized spacial score (nSPS) is 12.3. The number of amides is 1. The quantitative estimate of drug-likeness (QED) is 0.524. The summed E-state index contributed by atoms with van der Waals surface area (Å²) in [7, 11) is 0. The summed E-state index contributed by atoms with van der Waals surface area (Å²) in [6.45, 7) is 2.00. The average Bonchev–Trinajstić information content (AvgIpc) is 2.71. The van der Waals surface area contributed by atoms with Gasteiger partial charge in [0.15, 0.2) is 11.6 Å². The van der Waals surface area contributed by atoms with E-state index in [2.05, 4.69) is 5.32 Å². The van der Waals surface area contributed by atoms with E-state index in [-0.39, 0.29) is 28.8 Å². The van der Waals surface area contributed by atoms with E-state index in [1.165, 1.54) is 11.8 Å². The maximum absolute atomic E-state index is 13.0. The second-order valence-corrected chi connectivity index (χ2v) is 7.55. The van der Waals surface area contributed by atoms with Crippen molar-refractivity contribution < 1.29 is 14.4 Å². The van der Waals surface area contributed by atoms with Gasteiger partial charge in [0.25, 0.3) is 0 Å². The van der Waals surface area contributed by atoms with Gasteiger partial charge in [-0.25, -0.2) is 0 Å². The number of anilines is 1. The third kappa shape index (κ3) is 3.25. The van der Waals surface area contributed by atoms with E-state index >= 15 is 0 Å². The molecule has 0 aliphatic heterocycles. The van der Waals surface area contributed by atoms with Crippen LogP contribution < -0.4 is 5.32 Å². The Morgan fingerprint density at radius 2 is 1.46 bits per heavy atom. The van der Waals surface area contributed by atoms with E-state index in [1.807, 2.05) is 31.2 Å². The molecule has 0 saturated heterocycles. The van der Waals surface area contributed by atoms with Crippen molar-refractivity contribution in [3.63, 3.8) is 0 Å². The first kappa shape index (κ1) is 18.2. The number of carbonyl (C=O) groups excluding carboxylic acids is 3. The molecule has 1 amide bonds. The highest BCUT2D eigenvalue weighted by atomic mass is 32.2. The molecule has 0 aromatic heterocycles. The molecule has 3 aromatic carbocycles. The molecule has 138 valence electrons. The molecule has 4 nitrogen and oxygen atoms in total. The molecule has 28 heavy (non-hydrogen) atoms. The van der Waals surface area contributed by atoms with Crippen molar-refractivity contribution in [1.29, 1.82) is 0 Å². The number of hydrogen-bond donors (Lipinski definition) is 1. The number of thioether (sulfide) groups is 1. The van der Waals surface area contributed by atoms with Crippen LogP contribution in [0.2, 0.25) is 0 Å². The highest BCUT2D eigenvalue weighted by molar-refractivity contribution is 8.00. The van der Waals surface area contributed by atoms with Crippen LogP contribution in [-0.4, -0.2) is 23.2 Å². The highest BCUT2D eigenvalue weighted by Crippen LogP contribution is 2.32. The molecular formula is C23H17NO3S. The Bertz CT molecular complexity index is 1120. The van der Waals surface area contributed by atoms with E-state index in [0.29, 0.717) is 22.4 Å². The van der Waals surface area contributed by atoms with Crippen LogP contribution in [0.25, 0.3) is 0 Å². The van der Waals surface area contributed by atoms with Gasteiger partial charge in [-0.2, -0.15) is 0 Å². The number of ketones is 2. The van der Waals surface area contributed by atoms with Gasteiger partial charge in [-0.05, 0) is 24.6 Å². The smallest absolute Gasteiger partial charge is 0.234 e. The molecule has 0 spiro atoms. The Kier molecular flexibility index (Phi) is 4.84. The molecule has 0 bridgehead atoms. The average molecular weight is 387 g/mol. The van der Waals surface area contributed by atoms with Gasteiger partial charge in [0, 0.05) is 21.6 Å². The number of aryl methyl sites for hydroxylation is 1. The van der Waals surface area contributed by atoms with Crippen LogP contribution in [-0.2, 0) is 4.79 Å². The fourth-order valence-corrected chi connectivity index (χ4v) is 4.13. The molecule has 0 saturated carbocycles. The Hall–Kier alpha value is -3.18. The molecule has 0 unspecified atom stereocenters. The Morgan fingerprint density at radius 3 is 2.21 bits per heavy atom.